The van der Waals surface area contributed by atoms with Crippen molar-refractivity contribution < 1.29 is 24.5 Å². The van der Waals surface area contributed by atoms with E-state index in [-0.39, 0.29) is 6.42 Å². The van der Waals surface area contributed by atoms with E-state index in [2.05, 4.69) is 0 Å². The first-order chi connectivity index (χ1) is 13.0. The molecule has 0 amide bonds. The van der Waals surface area contributed by atoms with Crippen LogP contribution in [0.4, 0.5) is 0 Å². The standard InChI is InChI=1S/C21H23ClO5/c1-2-26-16-6-3-13(4-7-16)9-15-10-14(5-8-17(15)22)19-11-18(24)21(25)20(12-23)27-19/h3-8,10,18-20,23-24H,2,9,11-12H2,1H3. The SMILES string of the molecule is CCOc1ccc(Cc2cc(C3CC(O)C(=O)C(CO)O3)ccc2Cl)cc1. The predicted octanol–water partition coefficient (Wildman–Crippen LogP) is 3.08. The topological polar surface area (TPSA) is 76.0 Å². The van der Waals surface area contributed by atoms with Gasteiger partial charge in [0.2, 0.25) is 0 Å². The predicted molar refractivity (Wildman–Crippen MR) is 102 cm³/mol. The van der Waals surface area contributed by atoms with Crippen molar-refractivity contribution in [2.45, 2.75) is 38.1 Å². The van der Waals surface area contributed by atoms with E-state index in [0.717, 1.165) is 22.4 Å². The molecule has 0 aromatic heterocycles. The van der Waals surface area contributed by atoms with Gasteiger partial charge in [-0.15, -0.1) is 0 Å². The van der Waals surface area contributed by atoms with Gasteiger partial charge in [-0.1, -0.05) is 35.9 Å². The number of benzene rings is 2. The molecule has 3 atom stereocenters. The third-order valence-corrected chi connectivity index (χ3v) is 5.02. The summed E-state index contributed by atoms with van der Waals surface area (Å²) in [5, 5.41) is 19.9. The van der Waals surface area contributed by atoms with Gasteiger partial charge in [-0.2, -0.15) is 0 Å². The van der Waals surface area contributed by atoms with E-state index >= 15 is 0 Å². The number of ketones is 1. The molecule has 0 saturated carbocycles. The van der Waals surface area contributed by atoms with Crippen LogP contribution in [0.15, 0.2) is 42.5 Å². The molecule has 0 radical (unpaired) electrons. The van der Waals surface area contributed by atoms with Crippen LogP contribution >= 0.6 is 11.6 Å². The lowest BCUT2D eigenvalue weighted by Gasteiger charge is -2.31. The average molecular weight is 391 g/mol. The zero-order valence-electron chi connectivity index (χ0n) is 15.1. The molecule has 6 heteroatoms. The first-order valence-electron chi connectivity index (χ1n) is 9.00. The summed E-state index contributed by atoms with van der Waals surface area (Å²) in [6.45, 7) is 2.12. The summed E-state index contributed by atoms with van der Waals surface area (Å²) in [6, 6.07) is 13.4. The molecule has 1 saturated heterocycles. The van der Waals surface area contributed by atoms with E-state index in [1.165, 1.54) is 0 Å². The molecule has 1 aliphatic heterocycles. The van der Waals surface area contributed by atoms with Gasteiger partial charge in [0.1, 0.15) is 18.0 Å². The van der Waals surface area contributed by atoms with E-state index < -0.39 is 30.7 Å². The molecule has 5 nitrogen and oxygen atoms in total. The molecule has 0 spiro atoms. The van der Waals surface area contributed by atoms with E-state index in [0.29, 0.717) is 18.1 Å². The Morgan fingerprint density at radius 1 is 1.22 bits per heavy atom. The fraction of sp³-hybridized carbons (Fsp3) is 0.381. The third kappa shape index (κ3) is 4.68. The van der Waals surface area contributed by atoms with Crippen LogP contribution in [0.5, 0.6) is 5.75 Å². The Morgan fingerprint density at radius 3 is 2.63 bits per heavy atom. The van der Waals surface area contributed by atoms with E-state index in [9.17, 15) is 15.0 Å². The number of hydrogen-bond acceptors (Lipinski definition) is 5. The van der Waals surface area contributed by atoms with E-state index in [4.69, 9.17) is 21.1 Å². The summed E-state index contributed by atoms with van der Waals surface area (Å²) in [5.74, 6) is 0.350. The number of carbonyl (C=O) groups is 1. The second-order valence-electron chi connectivity index (χ2n) is 6.55. The molecule has 3 rings (SSSR count). The number of hydrogen-bond donors (Lipinski definition) is 2. The molecule has 27 heavy (non-hydrogen) atoms. The van der Waals surface area contributed by atoms with Crippen LogP contribution in [0.2, 0.25) is 5.02 Å². The minimum Gasteiger partial charge on any atom is -0.494 e. The Labute approximate surface area is 163 Å². The number of aliphatic hydroxyl groups excluding tert-OH is 2. The number of ether oxygens (including phenoxy) is 2. The van der Waals surface area contributed by atoms with Crippen molar-refractivity contribution in [1.29, 1.82) is 0 Å². The lowest BCUT2D eigenvalue weighted by Crippen LogP contribution is -2.43. The highest BCUT2D eigenvalue weighted by Gasteiger charge is 2.36. The summed E-state index contributed by atoms with van der Waals surface area (Å²) >= 11 is 6.36. The van der Waals surface area contributed by atoms with Gasteiger partial charge in [-0.25, -0.2) is 0 Å². The van der Waals surface area contributed by atoms with Crippen LogP contribution in [0.1, 0.15) is 36.1 Å². The number of rotatable bonds is 6. The van der Waals surface area contributed by atoms with Crippen LogP contribution in [0, 0.1) is 0 Å². The molecule has 144 valence electrons. The second-order valence-corrected chi connectivity index (χ2v) is 6.96. The molecule has 3 unspecified atom stereocenters. The van der Waals surface area contributed by atoms with Crippen LogP contribution in [0.25, 0.3) is 0 Å². The molecule has 2 aromatic rings. The van der Waals surface area contributed by atoms with Crippen LogP contribution < -0.4 is 4.74 Å². The third-order valence-electron chi connectivity index (χ3n) is 4.65. The van der Waals surface area contributed by atoms with Crippen molar-refractivity contribution in [2.24, 2.45) is 0 Å². The fourth-order valence-electron chi connectivity index (χ4n) is 3.22. The summed E-state index contributed by atoms with van der Waals surface area (Å²) < 4.78 is 11.1. The van der Waals surface area contributed by atoms with Crippen LogP contribution in [0.3, 0.4) is 0 Å². The molecule has 2 aromatic carbocycles. The summed E-state index contributed by atoms with van der Waals surface area (Å²) in [6.07, 6.45) is -1.79. The Hall–Kier alpha value is -1.92. The average Bonchev–Trinajstić information content (AvgIpc) is 2.67. The van der Waals surface area contributed by atoms with Gasteiger partial charge in [0.15, 0.2) is 5.78 Å². The monoisotopic (exact) mass is 390 g/mol. The molecular weight excluding hydrogens is 368 g/mol. The van der Waals surface area contributed by atoms with Crippen LogP contribution in [-0.4, -0.2) is 41.4 Å². The maximum absolute atomic E-state index is 11.8. The van der Waals surface area contributed by atoms with Gasteiger partial charge >= 0.3 is 0 Å². The minimum absolute atomic E-state index is 0.166. The lowest BCUT2D eigenvalue weighted by atomic mass is 9.93. The lowest BCUT2D eigenvalue weighted by molar-refractivity contribution is -0.161. The fourth-order valence-corrected chi connectivity index (χ4v) is 3.41. The quantitative estimate of drug-likeness (QED) is 0.792. The highest BCUT2D eigenvalue weighted by molar-refractivity contribution is 6.31. The van der Waals surface area contributed by atoms with Gasteiger partial charge in [0.05, 0.1) is 19.3 Å². The highest BCUT2D eigenvalue weighted by Crippen LogP contribution is 2.32. The minimum atomic E-state index is -1.13. The zero-order valence-corrected chi connectivity index (χ0v) is 15.9. The highest BCUT2D eigenvalue weighted by atomic mass is 35.5. The summed E-state index contributed by atoms with van der Waals surface area (Å²) in [5.41, 5.74) is 2.84. The largest absolute Gasteiger partial charge is 0.494 e. The van der Waals surface area contributed by atoms with Gasteiger partial charge < -0.3 is 19.7 Å². The molecule has 0 bridgehead atoms. The van der Waals surface area contributed by atoms with E-state index in [1.807, 2.05) is 43.3 Å². The van der Waals surface area contributed by atoms with Crippen LogP contribution in [-0.2, 0) is 16.0 Å². The Bertz CT molecular complexity index is 790. The smallest absolute Gasteiger partial charge is 0.192 e. The normalized spacial score (nSPS) is 22.7. The van der Waals surface area contributed by atoms with Crippen molar-refractivity contribution in [3.63, 3.8) is 0 Å². The van der Waals surface area contributed by atoms with Crippen molar-refractivity contribution in [3.05, 3.63) is 64.2 Å². The first-order valence-corrected chi connectivity index (χ1v) is 9.37. The molecule has 1 aliphatic rings. The Balaban J connectivity index is 1.79. The van der Waals surface area contributed by atoms with Gasteiger partial charge in [-0.05, 0) is 48.2 Å². The Kier molecular flexibility index (Phi) is 6.50. The van der Waals surface area contributed by atoms with Gasteiger partial charge in [0.25, 0.3) is 0 Å². The van der Waals surface area contributed by atoms with Crippen molar-refractivity contribution >= 4 is 17.4 Å². The summed E-state index contributed by atoms with van der Waals surface area (Å²) in [7, 11) is 0. The first kappa shape index (κ1) is 19.8. The van der Waals surface area contributed by atoms with Crippen molar-refractivity contribution in [3.8, 4) is 5.75 Å². The zero-order chi connectivity index (χ0) is 19.4. The number of Topliss-reactive ketones (excluding diaryl/α,β-unsaturated/α-hetero) is 1. The second kappa shape index (κ2) is 8.85. The van der Waals surface area contributed by atoms with Crippen molar-refractivity contribution in [2.75, 3.05) is 13.2 Å². The van der Waals surface area contributed by atoms with Gasteiger partial charge in [0, 0.05) is 11.4 Å². The summed E-state index contributed by atoms with van der Waals surface area (Å²) in [4.78, 5) is 11.8. The molecule has 0 aliphatic carbocycles. The molecule has 1 heterocycles. The maximum Gasteiger partial charge on any atom is 0.192 e. The molecular formula is C21H23ClO5. The molecule has 2 N–H and O–H groups in total. The van der Waals surface area contributed by atoms with Gasteiger partial charge in [-0.3, -0.25) is 4.79 Å². The van der Waals surface area contributed by atoms with Crippen molar-refractivity contribution in [1.82, 2.24) is 0 Å². The number of carbonyl (C=O) groups excluding carboxylic acids is 1. The van der Waals surface area contributed by atoms with E-state index in [1.54, 1.807) is 6.07 Å². The Morgan fingerprint density at radius 2 is 1.96 bits per heavy atom. The number of halogens is 1. The molecule has 1 fully saturated rings. The number of aliphatic hydroxyl groups is 2. The maximum atomic E-state index is 11.8.